The summed E-state index contributed by atoms with van der Waals surface area (Å²) in [6.07, 6.45) is 1.02. The number of carboxylic acids is 1. The van der Waals surface area contributed by atoms with Crippen molar-refractivity contribution < 1.29 is 14.7 Å². The van der Waals surface area contributed by atoms with Gasteiger partial charge in [0.2, 0.25) is 5.91 Å². The fourth-order valence-corrected chi connectivity index (χ4v) is 1.03. The predicted molar refractivity (Wildman–Crippen MR) is 57.6 cm³/mol. The maximum Gasteiger partial charge on any atom is 0.303 e. The average molecular weight is 216 g/mol. The van der Waals surface area contributed by atoms with E-state index in [-0.39, 0.29) is 12.3 Å². The van der Waals surface area contributed by atoms with Gasteiger partial charge in [0.1, 0.15) is 0 Å². The fourth-order valence-electron chi connectivity index (χ4n) is 1.03. The summed E-state index contributed by atoms with van der Waals surface area (Å²) >= 11 is 0. The Kier molecular flexibility index (Phi) is 7.62. The molecule has 0 radical (unpaired) electrons. The highest BCUT2D eigenvalue weighted by molar-refractivity contribution is 5.76. The Hall–Kier alpha value is -1.10. The van der Waals surface area contributed by atoms with Crippen LogP contribution in [0.25, 0.3) is 0 Å². The van der Waals surface area contributed by atoms with Gasteiger partial charge in [-0.15, -0.1) is 0 Å². The van der Waals surface area contributed by atoms with Gasteiger partial charge in [-0.1, -0.05) is 13.8 Å². The molecule has 3 N–H and O–H groups in total. The molecule has 0 aliphatic rings. The molecule has 0 aromatic heterocycles. The molecular formula is C10H20N2O3. The molecule has 0 aromatic carbocycles. The van der Waals surface area contributed by atoms with Crippen LogP contribution < -0.4 is 10.6 Å². The van der Waals surface area contributed by atoms with Gasteiger partial charge in [-0.25, -0.2) is 0 Å². The number of nitrogens with one attached hydrogen (secondary N) is 2. The van der Waals surface area contributed by atoms with E-state index in [9.17, 15) is 9.59 Å². The van der Waals surface area contributed by atoms with Crippen molar-refractivity contribution in [1.29, 1.82) is 0 Å². The zero-order valence-corrected chi connectivity index (χ0v) is 9.38. The lowest BCUT2D eigenvalue weighted by Crippen LogP contribution is -2.31. The summed E-state index contributed by atoms with van der Waals surface area (Å²) < 4.78 is 0. The van der Waals surface area contributed by atoms with Crippen LogP contribution in [0.3, 0.4) is 0 Å². The molecule has 15 heavy (non-hydrogen) atoms. The van der Waals surface area contributed by atoms with Crippen LogP contribution in [0.15, 0.2) is 0 Å². The number of amides is 1. The third-order valence-corrected chi connectivity index (χ3v) is 1.79. The molecule has 5 heteroatoms. The van der Waals surface area contributed by atoms with Gasteiger partial charge in [0.05, 0.1) is 0 Å². The van der Waals surface area contributed by atoms with E-state index in [4.69, 9.17) is 5.11 Å². The minimum atomic E-state index is -0.828. The van der Waals surface area contributed by atoms with Crippen LogP contribution in [-0.2, 0) is 9.59 Å². The third-order valence-electron chi connectivity index (χ3n) is 1.79. The van der Waals surface area contributed by atoms with E-state index in [1.54, 1.807) is 0 Å². The number of hydrogen-bond donors (Lipinski definition) is 3. The van der Waals surface area contributed by atoms with Crippen molar-refractivity contribution in [1.82, 2.24) is 10.6 Å². The normalized spacial score (nSPS) is 10.3. The lowest BCUT2D eigenvalue weighted by molar-refractivity contribution is -0.137. The Morgan fingerprint density at radius 3 is 2.40 bits per heavy atom. The Morgan fingerprint density at radius 2 is 1.87 bits per heavy atom. The summed E-state index contributed by atoms with van der Waals surface area (Å²) in [6, 6.07) is 0.379. The Labute approximate surface area is 90.2 Å². The lowest BCUT2D eigenvalue weighted by Gasteiger charge is -2.07. The average Bonchev–Trinajstić information content (AvgIpc) is 2.11. The van der Waals surface area contributed by atoms with Crippen LogP contribution in [0.4, 0.5) is 0 Å². The van der Waals surface area contributed by atoms with Crippen molar-refractivity contribution in [2.45, 2.75) is 39.2 Å². The highest BCUT2D eigenvalue weighted by Crippen LogP contribution is 1.87. The second-order valence-corrected chi connectivity index (χ2v) is 3.71. The minimum absolute atomic E-state index is 0.0338. The van der Waals surface area contributed by atoms with E-state index in [0.29, 0.717) is 32.0 Å². The van der Waals surface area contributed by atoms with Gasteiger partial charge >= 0.3 is 5.97 Å². The molecule has 0 unspecified atom stereocenters. The van der Waals surface area contributed by atoms with Gasteiger partial charge in [-0.05, 0) is 6.42 Å². The van der Waals surface area contributed by atoms with Crippen molar-refractivity contribution in [2.75, 3.05) is 13.1 Å². The van der Waals surface area contributed by atoms with Crippen molar-refractivity contribution in [3.8, 4) is 0 Å². The molecule has 1 amide bonds. The van der Waals surface area contributed by atoms with Gasteiger partial charge in [-0.2, -0.15) is 0 Å². The molecular weight excluding hydrogens is 196 g/mol. The summed E-state index contributed by atoms with van der Waals surface area (Å²) in [7, 11) is 0. The molecule has 5 nitrogen and oxygen atoms in total. The molecule has 0 aliphatic heterocycles. The van der Waals surface area contributed by atoms with E-state index in [1.807, 2.05) is 13.8 Å². The van der Waals surface area contributed by atoms with Crippen molar-refractivity contribution in [2.24, 2.45) is 0 Å². The Morgan fingerprint density at radius 1 is 1.20 bits per heavy atom. The van der Waals surface area contributed by atoms with Crippen LogP contribution in [0, 0.1) is 0 Å². The maximum absolute atomic E-state index is 11.2. The fraction of sp³-hybridized carbons (Fsp3) is 0.800. The summed E-state index contributed by atoms with van der Waals surface area (Å²) in [4.78, 5) is 21.3. The summed E-state index contributed by atoms with van der Waals surface area (Å²) in [5.74, 6) is -0.862. The minimum Gasteiger partial charge on any atom is -0.481 e. The van der Waals surface area contributed by atoms with Crippen molar-refractivity contribution in [3.05, 3.63) is 0 Å². The van der Waals surface area contributed by atoms with Crippen LogP contribution >= 0.6 is 0 Å². The molecule has 0 aliphatic carbocycles. The molecule has 0 atom stereocenters. The molecule has 0 rings (SSSR count). The quantitative estimate of drug-likeness (QED) is 0.512. The zero-order chi connectivity index (χ0) is 11.7. The molecule has 0 fully saturated rings. The molecule has 0 spiro atoms. The standard InChI is InChI=1S/C10H20N2O3/c1-8(2)11-7-5-9(13)12-6-3-4-10(14)15/h8,11H,3-7H2,1-2H3,(H,12,13)(H,14,15). The lowest BCUT2D eigenvalue weighted by atomic mass is 10.3. The molecule has 0 saturated carbocycles. The van der Waals surface area contributed by atoms with Gasteiger partial charge in [0.15, 0.2) is 0 Å². The third kappa shape index (κ3) is 10.8. The smallest absolute Gasteiger partial charge is 0.303 e. The Bertz CT molecular complexity index is 205. The van der Waals surface area contributed by atoms with Crippen LogP contribution in [0.5, 0.6) is 0 Å². The molecule has 0 aromatic rings. The van der Waals surface area contributed by atoms with E-state index < -0.39 is 5.97 Å². The van der Waals surface area contributed by atoms with Crippen LogP contribution in [0.2, 0.25) is 0 Å². The first-order valence-corrected chi connectivity index (χ1v) is 5.24. The van der Waals surface area contributed by atoms with Gasteiger partial charge in [-0.3, -0.25) is 9.59 Å². The number of aliphatic carboxylic acids is 1. The summed E-state index contributed by atoms with van der Waals surface area (Å²) in [5.41, 5.74) is 0. The van der Waals surface area contributed by atoms with E-state index in [1.165, 1.54) is 0 Å². The maximum atomic E-state index is 11.2. The van der Waals surface area contributed by atoms with E-state index >= 15 is 0 Å². The van der Waals surface area contributed by atoms with E-state index in [2.05, 4.69) is 10.6 Å². The van der Waals surface area contributed by atoms with Crippen molar-refractivity contribution in [3.63, 3.8) is 0 Å². The molecule has 0 bridgehead atoms. The first kappa shape index (κ1) is 13.9. The predicted octanol–water partition coefficient (Wildman–Crippen LogP) is 0.355. The van der Waals surface area contributed by atoms with Crippen LogP contribution in [0.1, 0.15) is 33.1 Å². The number of hydrogen-bond acceptors (Lipinski definition) is 3. The summed E-state index contributed by atoms with van der Waals surface area (Å²) in [6.45, 7) is 5.13. The number of rotatable bonds is 8. The van der Waals surface area contributed by atoms with Gasteiger partial charge in [0.25, 0.3) is 0 Å². The second-order valence-electron chi connectivity index (χ2n) is 3.71. The zero-order valence-electron chi connectivity index (χ0n) is 9.38. The largest absolute Gasteiger partial charge is 0.481 e. The number of carbonyl (C=O) groups is 2. The van der Waals surface area contributed by atoms with Crippen LogP contribution in [-0.4, -0.2) is 36.1 Å². The first-order valence-electron chi connectivity index (χ1n) is 5.24. The highest BCUT2D eigenvalue weighted by Gasteiger charge is 2.01. The van der Waals surface area contributed by atoms with Gasteiger partial charge < -0.3 is 15.7 Å². The Balaban J connectivity index is 3.30. The monoisotopic (exact) mass is 216 g/mol. The van der Waals surface area contributed by atoms with Crippen molar-refractivity contribution >= 4 is 11.9 Å². The molecule has 0 heterocycles. The topological polar surface area (TPSA) is 78.4 Å². The molecule has 88 valence electrons. The SMILES string of the molecule is CC(C)NCCC(=O)NCCCC(=O)O. The molecule has 0 saturated heterocycles. The number of carboxylic acid groups (broad SMARTS) is 1. The number of carbonyl (C=O) groups excluding carboxylic acids is 1. The second kappa shape index (κ2) is 8.23. The first-order chi connectivity index (χ1) is 7.02. The highest BCUT2D eigenvalue weighted by atomic mass is 16.4. The summed E-state index contributed by atoms with van der Waals surface area (Å²) in [5, 5.41) is 14.2. The van der Waals surface area contributed by atoms with Gasteiger partial charge in [0, 0.05) is 32.0 Å². The van der Waals surface area contributed by atoms with E-state index in [0.717, 1.165) is 0 Å².